The van der Waals surface area contributed by atoms with Crippen LogP contribution in [0.25, 0.3) is 0 Å². The van der Waals surface area contributed by atoms with Crippen LogP contribution in [0.5, 0.6) is 0 Å². The van der Waals surface area contributed by atoms with Gasteiger partial charge < -0.3 is 9.47 Å². The number of carbonyl (C=O) groups is 1. The molecule has 2 aromatic rings. The van der Waals surface area contributed by atoms with Gasteiger partial charge in [-0.3, -0.25) is 4.79 Å². The van der Waals surface area contributed by atoms with E-state index in [-0.39, 0.29) is 5.91 Å². The van der Waals surface area contributed by atoms with Crippen LogP contribution in [0.15, 0.2) is 30.6 Å². The maximum Gasteiger partial charge on any atom is 0.227 e. The van der Waals surface area contributed by atoms with Gasteiger partial charge in [0.2, 0.25) is 5.91 Å². The predicted molar refractivity (Wildman–Crippen MR) is 71.9 cm³/mol. The minimum absolute atomic E-state index is 0.199. The van der Waals surface area contributed by atoms with Gasteiger partial charge >= 0.3 is 0 Å². The number of aromatic nitrogens is 3. The third-order valence-corrected chi connectivity index (χ3v) is 3.57. The molecule has 0 atom stereocenters. The monoisotopic (exact) mass is 256 g/mol. The summed E-state index contributed by atoms with van der Waals surface area (Å²) in [6.45, 7) is 3.30. The summed E-state index contributed by atoms with van der Waals surface area (Å²) in [4.78, 5) is 14.0. The van der Waals surface area contributed by atoms with Crippen molar-refractivity contribution in [3.63, 3.8) is 0 Å². The summed E-state index contributed by atoms with van der Waals surface area (Å²) in [6, 6.07) is 8.12. The molecule has 0 aliphatic carbocycles. The van der Waals surface area contributed by atoms with E-state index in [0.29, 0.717) is 13.0 Å². The highest BCUT2D eigenvalue weighted by Gasteiger charge is 2.23. The zero-order chi connectivity index (χ0) is 13.2. The average molecular weight is 256 g/mol. The van der Waals surface area contributed by atoms with Gasteiger partial charge in [0.1, 0.15) is 12.2 Å². The molecule has 3 rings (SSSR count). The Balaban J connectivity index is 1.80. The molecule has 0 unspecified atom stereocenters. The van der Waals surface area contributed by atoms with Crippen molar-refractivity contribution in [2.75, 3.05) is 11.4 Å². The highest BCUT2D eigenvalue weighted by molar-refractivity contribution is 5.96. The van der Waals surface area contributed by atoms with Crippen molar-refractivity contribution in [2.45, 2.75) is 26.3 Å². The normalized spacial score (nSPS) is 14.6. The van der Waals surface area contributed by atoms with Crippen molar-refractivity contribution in [3.8, 4) is 0 Å². The summed E-state index contributed by atoms with van der Waals surface area (Å²) >= 11 is 0. The zero-order valence-electron chi connectivity index (χ0n) is 10.9. The van der Waals surface area contributed by atoms with Gasteiger partial charge in [0.15, 0.2) is 0 Å². The van der Waals surface area contributed by atoms with E-state index in [9.17, 15) is 4.79 Å². The largest absolute Gasteiger partial charge is 0.316 e. The molecule has 0 fully saturated rings. The van der Waals surface area contributed by atoms with Gasteiger partial charge in [-0.1, -0.05) is 18.2 Å². The standard InChI is InChI=1S/C14H16N4O/c1-11-16-15-10-17(11)8-9-18-13-5-3-2-4-12(13)6-7-14(18)19/h2-5,10H,6-9H2,1H3. The fourth-order valence-corrected chi connectivity index (χ4v) is 2.48. The van der Waals surface area contributed by atoms with Crippen molar-refractivity contribution in [3.05, 3.63) is 42.0 Å². The molecule has 0 spiro atoms. The summed E-state index contributed by atoms with van der Waals surface area (Å²) in [5.74, 6) is 1.07. The molecule has 1 aliphatic rings. The first-order chi connectivity index (χ1) is 9.25. The van der Waals surface area contributed by atoms with Gasteiger partial charge in [-0.05, 0) is 25.0 Å². The smallest absolute Gasteiger partial charge is 0.227 e. The van der Waals surface area contributed by atoms with Crippen LogP contribution in [0.3, 0.4) is 0 Å². The molecule has 0 radical (unpaired) electrons. The van der Waals surface area contributed by atoms with Crippen molar-refractivity contribution < 1.29 is 4.79 Å². The van der Waals surface area contributed by atoms with Crippen molar-refractivity contribution in [2.24, 2.45) is 0 Å². The Labute approximate surface area is 111 Å². The quantitative estimate of drug-likeness (QED) is 0.837. The summed E-state index contributed by atoms with van der Waals surface area (Å²) in [6.07, 6.45) is 3.14. The van der Waals surface area contributed by atoms with E-state index in [1.807, 2.05) is 34.6 Å². The van der Waals surface area contributed by atoms with E-state index in [1.54, 1.807) is 6.33 Å². The maximum absolute atomic E-state index is 12.1. The maximum atomic E-state index is 12.1. The minimum Gasteiger partial charge on any atom is -0.316 e. The molecule has 1 aromatic carbocycles. The van der Waals surface area contributed by atoms with Crippen LogP contribution in [0.2, 0.25) is 0 Å². The number of fused-ring (bicyclic) bond motifs is 1. The Morgan fingerprint density at radius 1 is 1.21 bits per heavy atom. The van der Waals surface area contributed by atoms with Crippen LogP contribution in [-0.2, 0) is 17.8 Å². The minimum atomic E-state index is 0.199. The molecule has 1 aliphatic heterocycles. The molecule has 0 N–H and O–H groups in total. The van der Waals surface area contributed by atoms with Crippen LogP contribution >= 0.6 is 0 Å². The molecule has 5 nitrogen and oxygen atoms in total. The Morgan fingerprint density at radius 3 is 2.84 bits per heavy atom. The van der Waals surface area contributed by atoms with Crippen molar-refractivity contribution in [1.82, 2.24) is 14.8 Å². The molecule has 5 heteroatoms. The molecule has 1 aromatic heterocycles. The molecular formula is C14H16N4O. The van der Waals surface area contributed by atoms with Crippen LogP contribution < -0.4 is 4.90 Å². The summed E-state index contributed by atoms with van der Waals surface area (Å²) < 4.78 is 1.96. The fraction of sp³-hybridized carbons (Fsp3) is 0.357. The van der Waals surface area contributed by atoms with E-state index < -0.39 is 0 Å². The van der Waals surface area contributed by atoms with Crippen LogP contribution in [0, 0.1) is 6.92 Å². The van der Waals surface area contributed by atoms with E-state index >= 15 is 0 Å². The molecule has 0 saturated heterocycles. The Bertz CT molecular complexity index is 605. The number of carbonyl (C=O) groups excluding carboxylic acids is 1. The van der Waals surface area contributed by atoms with Crippen molar-refractivity contribution in [1.29, 1.82) is 0 Å². The van der Waals surface area contributed by atoms with Gasteiger partial charge in [0, 0.05) is 25.2 Å². The molecule has 0 bridgehead atoms. The first-order valence-electron chi connectivity index (χ1n) is 6.48. The Kier molecular flexibility index (Phi) is 3.03. The first kappa shape index (κ1) is 11.9. The lowest BCUT2D eigenvalue weighted by Gasteiger charge is -2.29. The van der Waals surface area contributed by atoms with Gasteiger partial charge in [-0.25, -0.2) is 0 Å². The Morgan fingerprint density at radius 2 is 2.05 bits per heavy atom. The third kappa shape index (κ3) is 2.23. The highest BCUT2D eigenvalue weighted by atomic mass is 16.2. The van der Waals surface area contributed by atoms with E-state index in [2.05, 4.69) is 16.3 Å². The number of amides is 1. The Hall–Kier alpha value is -2.17. The fourth-order valence-electron chi connectivity index (χ4n) is 2.48. The number of nitrogens with zero attached hydrogens (tertiary/aromatic N) is 4. The topological polar surface area (TPSA) is 51.0 Å². The van der Waals surface area contributed by atoms with Gasteiger partial charge in [-0.15, -0.1) is 10.2 Å². The number of rotatable bonds is 3. The van der Waals surface area contributed by atoms with Crippen molar-refractivity contribution >= 4 is 11.6 Å². The summed E-state index contributed by atoms with van der Waals surface area (Å²) in [7, 11) is 0. The van der Waals surface area contributed by atoms with E-state index in [0.717, 1.165) is 24.5 Å². The zero-order valence-corrected chi connectivity index (χ0v) is 10.9. The predicted octanol–water partition coefficient (Wildman–Crippen LogP) is 1.57. The van der Waals surface area contributed by atoms with Crippen LogP contribution in [-0.4, -0.2) is 27.2 Å². The van der Waals surface area contributed by atoms with E-state index in [4.69, 9.17) is 0 Å². The SMILES string of the molecule is Cc1nncn1CCN1C(=O)CCc2ccccc21. The summed E-state index contributed by atoms with van der Waals surface area (Å²) in [5.41, 5.74) is 2.30. The lowest BCUT2D eigenvalue weighted by atomic mass is 10.0. The second kappa shape index (κ2) is 4.84. The molecule has 98 valence electrons. The second-order valence-corrected chi connectivity index (χ2v) is 4.75. The number of hydrogen-bond donors (Lipinski definition) is 0. The number of aryl methyl sites for hydroxylation is 2. The molecule has 2 heterocycles. The third-order valence-electron chi connectivity index (χ3n) is 3.57. The number of hydrogen-bond acceptors (Lipinski definition) is 3. The van der Waals surface area contributed by atoms with Gasteiger partial charge in [-0.2, -0.15) is 0 Å². The van der Waals surface area contributed by atoms with Crippen LogP contribution in [0.4, 0.5) is 5.69 Å². The molecular weight excluding hydrogens is 240 g/mol. The molecule has 19 heavy (non-hydrogen) atoms. The average Bonchev–Trinajstić information content (AvgIpc) is 2.83. The van der Waals surface area contributed by atoms with Gasteiger partial charge in [0.05, 0.1) is 0 Å². The molecule has 1 amide bonds. The second-order valence-electron chi connectivity index (χ2n) is 4.75. The van der Waals surface area contributed by atoms with Gasteiger partial charge in [0.25, 0.3) is 0 Å². The number of para-hydroxylation sites is 1. The number of anilines is 1. The number of benzene rings is 1. The highest BCUT2D eigenvalue weighted by Crippen LogP contribution is 2.27. The lowest BCUT2D eigenvalue weighted by molar-refractivity contribution is -0.118. The molecule has 0 saturated carbocycles. The van der Waals surface area contributed by atoms with Crippen LogP contribution in [0.1, 0.15) is 17.8 Å². The lowest BCUT2D eigenvalue weighted by Crippen LogP contribution is -2.37. The van der Waals surface area contributed by atoms with E-state index in [1.165, 1.54) is 5.56 Å². The first-order valence-corrected chi connectivity index (χ1v) is 6.48. The summed E-state index contributed by atoms with van der Waals surface area (Å²) in [5, 5.41) is 7.81.